The highest BCUT2D eigenvalue weighted by molar-refractivity contribution is 9.10. The summed E-state index contributed by atoms with van der Waals surface area (Å²) in [6.07, 6.45) is 1.78. The molecule has 0 atom stereocenters. The number of rotatable bonds is 3. The Morgan fingerprint density at radius 1 is 1.15 bits per heavy atom. The third-order valence-electron chi connectivity index (χ3n) is 2.68. The molecule has 20 heavy (non-hydrogen) atoms. The van der Waals surface area contributed by atoms with Crippen LogP contribution in [0.3, 0.4) is 0 Å². The van der Waals surface area contributed by atoms with Gasteiger partial charge < -0.3 is 0 Å². The molecule has 0 saturated heterocycles. The van der Waals surface area contributed by atoms with E-state index in [0.29, 0.717) is 5.16 Å². The maximum Gasteiger partial charge on any atom is 0.220 e. The summed E-state index contributed by atoms with van der Waals surface area (Å²) in [7, 11) is 0. The summed E-state index contributed by atoms with van der Waals surface area (Å²) >= 11 is 4.97. The van der Waals surface area contributed by atoms with Gasteiger partial charge in [0.05, 0.1) is 10.2 Å². The van der Waals surface area contributed by atoms with Crippen LogP contribution in [0.5, 0.6) is 0 Å². The van der Waals surface area contributed by atoms with Crippen molar-refractivity contribution in [1.29, 1.82) is 0 Å². The van der Waals surface area contributed by atoms with Crippen molar-refractivity contribution < 1.29 is 0 Å². The maximum absolute atomic E-state index is 4.36. The highest BCUT2D eigenvalue weighted by Gasteiger charge is 2.13. The summed E-state index contributed by atoms with van der Waals surface area (Å²) in [4.78, 5) is 4.36. The van der Waals surface area contributed by atoms with Crippen molar-refractivity contribution in [2.24, 2.45) is 0 Å². The van der Waals surface area contributed by atoms with Gasteiger partial charge in [-0.1, -0.05) is 18.2 Å². The number of halogens is 1. The second-order valence-corrected chi connectivity index (χ2v) is 5.81. The first-order chi connectivity index (χ1) is 9.75. The minimum Gasteiger partial charge on any atom is -0.248 e. The number of nitrogens with zero attached hydrogens (tertiary/aromatic N) is 5. The molecule has 3 aromatic rings. The Balaban J connectivity index is 1.97. The van der Waals surface area contributed by atoms with E-state index in [9.17, 15) is 0 Å². The summed E-state index contributed by atoms with van der Waals surface area (Å²) in [6, 6.07) is 11.7. The van der Waals surface area contributed by atoms with E-state index in [2.05, 4.69) is 36.4 Å². The van der Waals surface area contributed by atoms with Gasteiger partial charge in [0.25, 0.3) is 0 Å². The van der Waals surface area contributed by atoms with Crippen molar-refractivity contribution in [3.05, 3.63) is 52.6 Å². The summed E-state index contributed by atoms with van der Waals surface area (Å²) in [5.74, 6) is 0. The van der Waals surface area contributed by atoms with Crippen LogP contribution < -0.4 is 0 Å². The molecule has 3 rings (SSSR count). The highest BCUT2D eigenvalue weighted by Crippen LogP contribution is 2.32. The van der Waals surface area contributed by atoms with Crippen molar-refractivity contribution in [1.82, 2.24) is 25.2 Å². The van der Waals surface area contributed by atoms with Crippen LogP contribution >= 0.6 is 27.7 Å². The SMILES string of the molecule is Cc1ccnc(Sc2nnnn2-c2ccccc2)c1Br. The molecule has 2 heterocycles. The van der Waals surface area contributed by atoms with E-state index >= 15 is 0 Å². The third kappa shape index (κ3) is 2.59. The Morgan fingerprint density at radius 3 is 2.75 bits per heavy atom. The number of pyridine rings is 1. The van der Waals surface area contributed by atoms with Gasteiger partial charge in [-0.15, -0.1) is 5.10 Å². The smallest absolute Gasteiger partial charge is 0.220 e. The van der Waals surface area contributed by atoms with Crippen molar-refractivity contribution >= 4 is 27.7 Å². The first-order valence-corrected chi connectivity index (χ1v) is 7.49. The first-order valence-electron chi connectivity index (χ1n) is 5.88. The van der Waals surface area contributed by atoms with Gasteiger partial charge in [-0.05, 0) is 68.8 Å². The molecule has 7 heteroatoms. The third-order valence-corrected chi connectivity index (χ3v) is 4.88. The quantitative estimate of drug-likeness (QED) is 0.727. The van der Waals surface area contributed by atoms with E-state index in [0.717, 1.165) is 20.7 Å². The van der Waals surface area contributed by atoms with Crippen molar-refractivity contribution in [2.45, 2.75) is 17.1 Å². The van der Waals surface area contributed by atoms with E-state index < -0.39 is 0 Å². The van der Waals surface area contributed by atoms with Crippen LogP contribution in [0.1, 0.15) is 5.56 Å². The predicted molar refractivity (Wildman–Crippen MR) is 80.0 cm³/mol. The van der Waals surface area contributed by atoms with Crippen molar-refractivity contribution in [3.63, 3.8) is 0 Å². The van der Waals surface area contributed by atoms with Gasteiger partial charge in [-0.25, -0.2) is 4.98 Å². The summed E-state index contributed by atoms with van der Waals surface area (Å²) in [5.41, 5.74) is 2.05. The van der Waals surface area contributed by atoms with Gasteiger partial charge >= 0.3 is 0 Å². The monoisotopic (exact) mass is 347 g/mol. The van der Waals surface area contributed by atoms with Gasteiger partial charge in [0, 0.05) is 6.20 Å². The first kappa shape index (κ1) is 13.3. The Morgan fingerprint density at radius 2 is 1.95 bits per heavy atom. The zero-order valence-electron chi connectivity index (χ0n) is 10.6. The molecule has 0 aliphatic heterocycles. The molecule has 0 N–H and O–H groups in total. The Labute approximate surface area is 128 Å². The van der Waals surface area contributed by atoms with E-state index in [1.807, 2.05) is 43.3 Å². The second-order valence-electron chi connectivity index (χ2n) is 4.06. The standard InChI is InChI=1S/C13H10BrN5S/c1-9-7-8-15-12(11(9)14)20-13-16-17-18-19(13)10-5-3-2-4-6-10/h2-8H,1H3. The predicted octanol–water partition coefficient (Wildman–Crippen LogP) is 3.28. The molecular weight excluding hydrogens is 338 g/mol. The second kappa shape index (κ2) is 5.72. The molecule has 2 aromatic heterocycles. The zero-order chi connectivity index (χ0) is 13.9. The molecule has 0 saturated carbocycles. The maximum atomic E-state index is 4.36. The highest BCUT2D eigenvalue weighted by atomic mass is 79.9. The van der Waals surface area contributed by atoms with Crippen molar-refractivity contribution in [3.8, 4) is 5.69 Å². The van der Waals surface area contributed by atoms with Crippen LogP contribution in [0.4, 0.5) is 0 Å². The van der Waals surface area contributed by atoms with Gasteiger partial charge in [0.2, 0.25) is 5.16 Å². The lowest BCUT2D eigenvalue weighted by Gasteiger charge is -2.06. The number of aryl methyl sites for hydroxylation is 1. The fraction of sp³-hybridized carbons (Fsp3) is 0.0769. The van der Waals surface area contributed by atoms with Gasteiger partial charge in [-0.2, -0.15) is 4.68 Å². The van der Waals surface area contributed by atoms with Crippen molar-refractivity contribution in [2.75, 3.05) is 0 Å². The van der Waals surface area contributed by atoms with Gasteiger partial charge in [0.15, 0.2) is 0 Å². The number of tetrazole rings is 1. The van der Waals surface area contributed by atoms with E-state index in [1.165, 1.54) is 11.8 Å². The Bertz CT molecular complexity index is 729. The van der Waals surface area contributed by atoms with Gasteiger partial charge in [-0.3, -0.25) is 0 Å². The number of para-hydroxylation sites is 1. The van der Waals surface area contributed by atoms with Crippen LogP contribution in [0.2, 0.25) is 0 Å². The van der Waals surface area contributed by atoms with E-state index in [-0.39, 0.29) is 0 Å². The van der Waals surface area contributed by atoms with E-state index in [4.69, 9.17) is 0 Å². The minimum atomic E-state index is 0.676. The Hall–Kier alpha value is -1.73. The topological polar surface area (TPSA) is 56.5 Å². The molecule has 100 valence electrons. The van der Waals surface area contributed by atoms with Crippen LogP contribution in [-0.2, 0) is 0 Å². The van der Waals surface area contributed by atoms with Crippen LogP contribution in [-0.4, -0.2) is 25.2 Å². The fourth-order valence-corrected chi connectivity index (χ4v) is 2.97. The number of aromatic nitrogens is 5. The van der Waals surface area contributed by atoms with Crippen LogP contribution in [0.25, 0.3) is 5.69 Å². The molecule has 0 amide bonds. The fourth-order valence-electron chi connectivity index (χ4n) is 1.65. The molecule has 5 nitrogen and oxygen atoms in total. The number of benzene rings is 1. The molecular formula is C13H10BrN5S. The zero-order valence-corrected chi connectivity index (χ0v) is 13.0. The molecule has 0 aliphatic rings. The largest absolute Gasteiger partial charge is 0.248 e. The van der Waals surface area contributed by atoms with Crippen LogP contribution in [0.15, 0.2) is 57.3 Å². The lowest BCUT2D eigenvalue weighted by molar-refractivity contribution is 0.756. The molecule has 0 bridgehead atoms. The summed E-state index contributed by atoms with van der Waals surface area (Å²) in [5, 5.41) is 13.4. The number of hydrogen-bond acceptors (Lipinski definition) is 5. The molecule has 0 radical (unpaired) electrons. The minimum absolute atomic E-state index is 0.676. The molecule has 1 aromatic carbocycles. The van der Waals surface area contributed by atoms with Crippen LogP contribution in [0, 0.1) is 6.92 Å². The molecule has 0 spiro atoms. The average Bonchev–Trinajstić information content (AvgIpc) is 2.93. The molecule has 0 unspecified atom stereocenters. The lowest BCUT2D eigenvalue weighted by atomic mass is 10.3. The molecule has 0 fully saturated rings. The normalized spacial score (nSPS) is 10.7. The van der Waals surface area contributed by atoms with Gasteiger partial charge in [0.1, 0.15) is 5.03 Å². The average molecular weight is 348 g/mol. The summed E-state index contributed by atoms with van der Waals surface area (Å²) < 4.78 is 2.66. The summed E-state index contributed by atoms with van der Waals surface area (Å²) in [6.45, 7) is 2.02. The Kier molecular flexibility index (Phi) is 3.79. The molecule has 0 aliphatic carbocycles. The lowest BCUT2D eigenvalue weighted by Crippen LogP contribution is -1.98. The van der Waals surface area contributed by atoms with E-state index in [1.54, 1.807) is 10.9 Å². The number of hydrogen-bond donors (Lipinski definition) is 0.